The summed E-state index contributed by atoms with van der Waals surface area (Å²) < 4.78 is 28.0. The van der Waals surface area contributed by atoms with Crippen molar-refractivity contribution < 1.29 is 18.7 Å². The van der Waals surface area contributed by atoms with E-state index in [1.807, 2.05) is 6.92 Å². The first-order valence-electron chi connectivity index (χ1n) is 6.68. The molecule has 116 valence electrons. The standard InChI is InChI=1S/C16H11F2N3O2/c1-9-2-4-10(5-3-9)15-14(16(22)23)19-20-21(15)13-7-11(17)6-12(18)8-13/h2-8H,1H3,(H,22,23). The molecule has 0 aliphatic carbocycles. The number of aryl methyl sites for hydroxylation is 1. The molecular formula is C16H11F2N3O2. The molecule has 0 spiro atoms. The van der Waals surface area contributed by atoms with Gasteiger partial charge in [0.15, 0.2) is 5.69 Å². The topological polar surface area (TPSA) is 68.0 Å². The van der Waals surface area contributed by atoms with Gasteiger partial charge in [0.1, 0.15) is 17.3 Å². The monoisotopic (exact) mass is 315 g/mol. The molecule has 0 aliphatic rings. The maximum Gasteiger partial charge on any atom is 0.358 e. The molecule has 0 saturated heterocycles. The third-order valence-electron chi connectivity index (χ3n) is 3.29. The van der Waals surface area contributed by atoms with Crippen LogP contribution in [-0.2, 0) is 0 Å². The van der Waals surface area contributed by atoms with Crippen LogP contribution in [0, 0.1) is 18.6 Å². The maximum absolute atomic E-state index is 13.4. The van der Waals surface area contributed by atoms with Crippen molar-refractivity contribution in [3.63, 3.8) is 0 Å². The van der Waals surface area contributed by atoms with Crippen molar-refractivity contribution >= 4 is 5.97 Å². The van der Waals surface area contributed by atoms with Crippen LogP contribution in [0.2, 0.25) is 0 Å². The molecular weight excluding hydrogens is 304 g/mol. The molecule has 1 N–H and O–H groups in total. The van der Waals surface area contributed by atoms with Crippen LogP contribution < -0.4 is 0 Å². The first-order valence-corrected chi connectivity index (χ1v) is 6.68. The Morgan fingerprint density at radius 1 is 1.09 bits per heavy atom. The van der Waals surface area contributed by atoms with E-state index >= 15 is 0 Å². The Bertz CT molecular complexity index is 869. The lowest BCUT2D eigenvalue weighted by molar-refractivity contribution is 0.0691. The van der Waals surface area contributed by atoms with Crippen molar-refractivity contribution in [1.82, 2.24) is 15.0 Å². The molecule has 0 amide bonds. The van der Waals surface area contributed by atoms with Gasteiger partial charge in [-0.25, -0.2) is 18.3 Å². The summed E-state index contributed by atoms with van der Waals surface area (Å²) in [6, 6.07) is 9.83. The van der Waals surface area contributed by atoms with Crippen molar-refractivity contribution in [3.05, 3.63) is 65.4 Å². The fraction of sp³-hybridized carbons (Fsp3) is 0.0625. The smallest absolute Gasteiger partial charge is 0.358 e. The number of hydrogen-bond donors (Lipinski definition) is 1. The van der Waals surface area contributed by atoms with E-state index in [0.717, 1.165) is 28.4 Å². The number of nitrogens with zero attached hydrogens (tertiary/aromatic N) is 3. The Hall–Kier alpha value is -3.09. The predicted molar refractivity (Wildman–Crippen MR) is 78.4 cm³/mol. The second-order valence-electron chi connectivity index (χ2n) is 5.00. The lowest BCUT2D eigenvalue weighted by Crippen LogP contribution is -2.04. The van der Waals surface area contributed by atoms with Crippen LogP contribution in [0.3, 0.4) is 0 Å². The van der Waals surface area contributed by atoms with Gasteiger partial charge >= 0.3 is 5.97 Å². The number of hydrogen-bond acceptors (Lipinski definition) is 3. The maximum atomic E-state index is 13.4. The summed E-state index contributed by atoms with van der Waals surface area (Å²) in [5, 5.41) is 16.6. The Morgan fingerprint density at radius 3 is 2.26 bits per heavy atom. The zero-order chi connectivity index (χ0) is 16.6. The normalized spacial score (nSPS) is 10.7. The zero-order valence-corrected chi connectivity index (χ0v) is 12.0. The van der Waals surface area contributed by atoms with Crippen molar-refractivity contribution in [2.24, 2.45) is 0 Å². The Balaban J connectivity index is 2.26. The van der Waals surface area contributed by atoms with Crippen LogP contribution >= 0.6 is 0 Å². The average molecular weight is 315 g/mol. The van der Waals surface area contributed by atoms with Gasteiger partial charge in [0.25, 0.3) is 0 Å². The molecule has 1 aromatic heterocycles. The SMILES string of the molecule is Cc1ccc(-c2c(C(=O)O)nnn2-c2cc(F)cc(F)c2)cc1. The molecule has 3 aromatic rings. The zero-order valence-electron chi connectivity index (χ0n) is 12.0. The molecule has 0 aliphatic heterocycles. The fourth-order valence-corrected chi connectivity index (χ4v) is 2.24. The summed E-state index contributed by atoms with van der Waals surface area (Å²) >= 11 is 0. The minimum atomic E-state index is -1.27. The van der Waals surface area contributed by atoms with E-state index < -0.39 is 17.6 Å². The summed E-state index contributed by atoms with van der Waals surface area (Å²) in [6.07, 6.45) is 0. The number of halogens is 2. The van der Waals surface area contributed by atoms with E-state index in [9.17, 15) is 18.7 Å². The van der Waals surface area contributed by atoms with E-state index in [-0.39, 0.29) is 17.1 Å². The highest BCUT2D eigenvalue weighted by molar-refractivity contribution is 5.93. The minimum absolute atomic E-state index is 0.0538. The van der Waals surface area contributed by atoms with Gasteiger partial charge in [-0.15, -0.1) is 5.10 Å². The lowest BCUT2D eigenvalue weighted by Gasteiger charge is -2.08. The van der Waals surface area contributed by atoms with E-state index in [4.69, 9.17) is 0 Å². The van der Waals surface area contributed by atoms with E-state index in [1.54, 1.807) is 24.3 Å². The van der Waals surface area contributed by atoms with Crippen molar-refractivity contribution in [2.45, 2.75) is 6.92 Å². The molecule has 0 bridgehead atoms. The molecule has 0 radical (unpaired) electrons. The van der Waals surface area contributed by atoms with Crippen LogP contribution in [0.1, 0.15) is 16.1 Å². The largest absolute Gasteiger partial charge is 0.476 e. The van der Waals surface area contributed by atoms with Crippen LogP contribution in [0.4, 0.5) is 8.78 Å². The first kappa shape index (κ1) is 14.8. The Kier molecular flexibility index (Phi) is 3.61. The van der Waals surface area contributed by atoms with Crippen LogP contribution in [-0.4, -0.2) is 26.1 Å². The van der Waals surface area contributed by atoms with Gasteiger partial charge in [0, 0.05) is 11.6 Å². The molecule has 1 heterocycles. The minimum Gasteiger partial charge on any atom is -0.476 e. The molecule has 5 nitrogen and oxygen atoms in total. The molecule has 23 heavy (non-hydrogen) atoms. The highest BCUT2D eigenvalue weighted by Crippen LogP contribution is 2.26. The first-order chi connectivity index (χ1) is 11.0. The predicted octanol–water partition coefficient (Wildman–Crippen LogP) is 3.22. The van der Waals surface area contributed by atoms with Crippen molar-refractivity contribution in [2.75, 3.05) is 0 Å². The van der Waals surface area contributed by atoms with Crippen molar-refractivity contribution in [1.29, 1.82) is 0 Å². The molecule has 0 atom stereocenters. The highest BCUT2D eigenvalue weighted by atomic mass is 19.1. The molecule has 0 saturated carbocycles. The van der Waals surface area contributed by atoms with Gasteiger partial charge in [-0.1, -0.05) is 35.0 Å². The van der Waals surface area contributed by atoms with Crippen LogP contribution in [0.15, 0.2) is 42.5 Å². The lowest BCUT2D eigenvalue weighted by atomic mass is 10.1. The third kappa shape index (κ3) is 2.80. The highest BCUT2D eigenvalue weighted by Gasteiger charge is 2.22. The molecule has 3 rings (SSSR count). The van der Waals surface area contributed by atoms with Gasteiger partial charge in [0.2, 0.25) is 0 Å². The molecule has 0 fully saturated rings. The van der Waals surface area contributed by atoms with Crippen LogP contribution in [0.25, 0.3) is 16.9 Å². The van der Waals surface area contributed by atoms with Gasteiger partial charge in [-0.3, -0.25) is 0 Å². The number of carbonyl (C=O) groups is 1. The van der Waals surface area contributed by atoms with E-state index in [2.05, 4.69) is 10.3 Å². The Morgan fingerprint density at radius 2 is 1.70 bits per heavy atom. The number of aromatic nitrogens is 3. The number of carboxylic acid groups (broad SMARTS) is 1. The van der Waals surface area contributed by atoms with Gasteiger partial charge in [0.05, 0.1) is 5.69 Å². The second kappa shape index (κ2) is 5.60. The van der Waals surface area contributed by atoms with Gasteiger partial charge < -0.3 is 5.11 Å². The number of benzene rings is 2. The molecule has 0 unspecified atom stereocenters. The summed E-state index contributed by atoms with van der Waals surface area (Å²) in [4.78, 5) is 11.4. The number of rotatable bonds is 3. The second-order valence-corrected chi connectivity index (χ2v) is 5.00. The Labute approximate surface area is 129 Å². The van der Waals surface area contributed by atoms with Gasteiger partial charge in [-0.2, -0.15) is 0 Å². The summed E-state index contributed by atoms with van der Waals surface area (Å²) in [7, 11) is 0. The fourth-order valence-electron chi connectivity index (χ4n) is 2.24. The van der Waals surface area contributed by atoms with Gasteiger partial charge in [-0.05, 0) is 19.1 Å². The van der Waals surface area contributed by atoms with Crippen molar-refractivity contribution in [3.8, 4) is 16.9 Å². The summed E-state index contributed by atoms with van der Waals surface area (Å²) in [6.45, 7) is 1.89. The van der Waals surface area contributed by atoms with Crippen LogP contribution in [0.5, 0.6) is 0 Å². The summed E-state index contributed by atoms with van der Waals surface area (Å²) in [5.74, 6) is -2.85. The van der Waals surface area contributed by atoms with E-state index in [1.165, 1.54) is 0 Å². The summed E-state index contributed by atoms with van der Waals surface area (Å²) in [5.41, 5.74) is 1.43. The van der Waals surface area contributed by atoms with E-state index in [0.29, 0.717) is 5.56 Å². The quantitative estimate of drug-likeness (QED) is 0.806. The number of carboxylic acids is 1. The molecule has 7 heteroatoms. The average Bonchev–Trinajstić information content (AvgIpc) is 2.92. The third-order valence-corrected chi connectivity index (χ3v) is 3.29. The number of aromatic carboxylic acids is 1. The molecule has 2 aromatic carbocycles.